The number of hydrogen-bond donors (Lipinski definition) is 0. The number of nitrogens with zero attached hydrogens (tertiary/aromatic N) is 1. The number of anilines is 3. The lowest BCUT2D eigenvalue weighted by molar-refractivity contribution is 0.660. The number of furan rings is 1. The van der Waals surface area contributed by atoms with Crippen LogP contribution in [0.25, 0.3) is 66.1 Å². The van der Waals surface area contributed by atoms with Crippen molar-refractivity contribution in [3.63, 3.8) is 0 Å². The average molecular weight is 654 g/mol. The number of hydrogen-bond acceptors (Lipinski definition) is 2. The fraction of sp³-hybridized carbons (Fsp3) is 0.0612. The van der Waals surface area contributed by atoms with Crippen molar-refractivity contribution in [2.75, 3.05) is 4.90 Å². The van der Waals surface area contributed by atoms with Gasteiger partial charge in [0, 0.05) is 33.2 Å². The van der Waals surface area contributed by atoms with Gasteiger partial charge in [0.2, 0.25) is 0 Å². The first-order valence-electron chi connectivity index (χ1n) is 17.7. The van der Waals surface area contributed by atoms with Gasteiger partial charge in [0.05, 0.1) is 0 Å². The number of fused-ring (bicyclic) bond motifs is 7. The van der Waals surface area contributed by atoms with E-state index >= 15 is 0 Å². The minimum absolute atomic E-state index is 0.118. The van der Waals surface area contributed by atoms with Crippen LogP contribution in [0.3, 0.4) is 0 Å². The fourth-order valence-corrected chi connectivity index (χ4v) is 8.36. The lowest BCUT2D eigenvalue weighted by Crippen LogP contribution is -2.15. The molecule has 0 spiro atoms. The smallest absolute Gasteiger partial charge is 0.135 e. The Labute approximate surface area is 297 Å². The molecule has 0 unspecified atom stereocenters. The van der Waals surface area contributed by atoms with E-state index in [1.807, 2.05) is 12.1 Å². The molecule has 0 N–H and O–H groups in total. The molecule has 242 valence electrons. The van der Waals surface area contributed by atoms with Gasteiger partial charge < -0.3 is 9.32 Å². The minimum Gasteiger partial charge on any atom is -0.456 e. The molecule has 0 atom stereocenters. The molecule has 9 aromatic rings. The van der Waals surface area contributed by atoms with Gasteiger partial charge in [-0.15, -0.1) is 0 Å². The van der Waals surface area contributed by atoms with E-state index < -0.39 is 0 Å². The third kappa shape index (κ3) is 4.64. The van der Waals surface area contributed by atoms with Crippen LogP contribution in [0.5, 0.6) is 0 Å². The van der Waals surface area contributed by atoms with E-state index in [2.05, 4.69) is 183 Å². The Bertz CT molecular complexity index is 2770. The van der Waals surface area contributed by atoms with Crippen LogP contribution in [-0.2, 0) is 5.41 Å². The third-order valence-electron chi connectivity index (χ3n) is 10.9. The highest BCUT2D eigenvalue weighted by Gasteiger charge is 2.37. The summed E-state index contributed by atoms with van der Waals surface area (Å²) in [5.41, 5.74) is 15.3. The predicted molar refractivity (Wildman–Crippen MR) is 214 cm³/mol. The Morgan fingerprint density at radius 3 is 1.90 bits per heavy atom. The average Bonchev–Trinajstić information content (AvgIpc) is 3.67. The Balaban J connectivity index is 1.17. The number of benzene rings is 8. The van der Waals surface area contributed by atoms with Gasteiger partial charge in [0.25, 0.3) is 0 Å². The summed E-state index contributed by atoms with van der Waals surface area (Å²) in [5, 5.41) is 4.74. The molecule has 1 aromatic heterocycles. The maximum Gasteiger partial charge on any atom is 0.135 e. The lowest BCUT2D eigenvalue weighted by Gasteiger charge is -2.27. The van der Waals surface area contributed by atoms with Gasteiger partial charge in [0.15, 0.2) is 0 Å². The summed E-state index contributed by atoms with van der Waals surface area (Å²) in [5.74, 6) is 0. The first-order valence-corrected chi connectivity index (χ1v) is 17.7. The molecule has 0 aliphatic heterocycles. The fourth-order valence-electron chi connectivity index (χ4n) is 8.36. The Morgan fingerprint density at radius 2 is 1.04 bits per heavy atom. The van der Waals surface area contributed by atoms with Crippen molar-refractivity contribution in [3.05, 3.63) is 187 Å². The third-order valence-corrected chi connectivity index (χ3v) is 10.9. The molecule has 0 saturated heterocycles. The van der Waals surface area contributed by atoms with E-state index in [4.69, 9.17) is 4.42 Å². The molecular weight excluding hydrogens is 619 g/mol. The van der Waals surface area contributed by atoms with Gasteiger partial charge in [-0.2, -0.15) is 0 Å². The van der Waals surface area contributed by atoms with Crippen molar-refractivity contribution in [2.24, 2.45) is 0 Å². The van der Waals surface area contributed by atoms with Crippen LogP contribution in [-0.4, -0.2) is 0 Å². The second-order valence-electron chi connectivity index (χ2n) is 14.1. The second-order valence-corrected chi connectivity index (χ2v) is 14.1. The number of para-hydroxylation sites is 1. The van der Waals surface area contributed by atoms with Crippen LogP contribution in [0.15, 0.2) is 180 Å². The Kier molecular flexibility index (Phi) is 6.56. The van der Waals surface area contributed by atoms with Crippen molar-refractivity contribution in [2.45, 2.75) is 19.3 Å². The van der Waals surface area contributed by atoms with E-state index in [1.54, 1.807) is 0 Å². The van der Waals surface area contributed by atoms with Crippen molar-refractivity contribution in [1.29, 1.82) is 0 Å². The molecule has 0 radical (unpaired) electrons. The standard InChI is InChI=1S/C49H35NO/c1-49(2)44-28-26-36(31-43(44)48-40(19-11-20-45(48)49)33-12-4-3-5-13-33)50(37-27-29-47-42(30-37)41-17-8-9-21-46(41)51-47)35-24-22-34(23-25-35)39-18-10-15-32-14-6-7-16-38(32)39/h3-31H,1-2H3. The van der Waals surface area contributed by atoms with Crippen LogP contribution in [0.4, 0.5) is 17.1 Å². The molecule has 8 aromatic carbocycles. The molecule has 2 heteroatoms. The Hall–Kier alpha value is -6.38. The lowest BCUT2D eigenvalue weighted by atomic mass is 9.82. The van der Waals surface area contributed by atoms with Gasteiger partial charge in [-0.1, -0.05) is 141 Å². The molecule has 0 bridgehead atoms. The highest BCUT2D eigenvalue weighted by atomic mass is 16.3. The van der Waals surface area contributed by atoms with E-state index in [9.17, 15) is 0 Å². The van der Waals surface area contributed by atoms with Gasteiger partial charge in [0.1, 0.15) is 11.2 Å². The molecule has 0 amide bonds. The quantitative estimate of drug-likeness (QED) is 0.184. The highest BCUT2D eigenvalue weighted by molar-refractivity contribution is 6.07. The molecule has 2 nitrogen and oxygen atoms in total. The van der Waals surface area contributed by atoms with Crippen molar-refractivity contribution in [1.82, 2.24) is 0 Å². The first kappa shape index (κ1) is 29.5. The molecule has 1 heterocycles. The predicted octanol–water partition coefficient (Wildman–Crippen LogP) is 13.8. The summed E-state index contributed by atoms with van der Waals surface area (Å²) in [4.78, 5) is 2.39. The van der Waals surface area contributed by atoms with Crippen LogP contribution in [0.2, 0.25) is 0 Å². The maximum absolute atomic E-state index is 6.26. The van der Waals surface area contributed by atoms with Crippen LogP contribution in [0, 0.1) is 0 Å². The van der Waals surface area contributed by atoms with Gasteiger partial charge >= 0.3 is 0 Å². The van der Waals surface area contributed by atoms with Crippen molar-refractivity contribution in [3.8, 4) is 33.4 Å². The first-order chi connectivity index (χ1) is 25.0. The van der Waals surface area contributed by atoms with Crippen LogP contribution >= 0.6 is 0 Å². The molecule has 0 fully saturated rings. The number of rotatable bonds is 5. The van der Waals surface area contributed by atoms with Crippen molar-refractivity contribution >= 4 is 49.8 Å². The monoisotopic (exact) mass is 653 g/mol. The summed E-state index contributed by atoms with van der Waals surface area (Å²) >= 11 is 0. The van der Waals surface area contributed by atoms with Crippen molar-refractivity contribution < 1.29 is 4.42 Å². The van der Waals surface area contributed by atoms with E-state index in [-0.39, 0.29) is 5.41 Å². The molecular formula is C49H35NO. The summed E-state index contributed by atoms with van der Waals surface area (Å²) in [6, 6.07) is 63.7. The van der Waals surface area contributed by atoms with Gasteiger partial charge in [-0.25, -0.2) is 0 Å². The molecule has 10 rings (SSSR count). The van der Waals surface area contributed by atoms with E-state index in [0.29, 0.717) is 0 Å². The Morgan fingerprint density at radius 1 is 0.412 bits per heavy atom. The summed E-state index contributed by atoms with van der Waals surface area (Å²) in [6.07, 6.45) is 0. The van der Waals surface area contributed by atoms with E-state index in [1.165, 1.54) is 55.3 Å². The zero-order valence-corrected chi connectivity index (χ0v) is 28.6. The van der Waals surface area contributed by atoms with E-state index in [0.717, 1.165) is 39.0 Å². The van der Waals surface area contributed by atoms with Gasteiger partial charge in [-0.05, 0) is 104 Å². The highest BCUT2D eigenvalue weighted by Crippen LogP contribution is 2.54. The van der Waals surface area contributed by atoms with Crippen LogP contribution < -0.4 is 4.90 Å². The normalized spacial score (nSPS) is 13.1. The minimum atomic E-state index is -0.118. The van der Waals surface area contributed by atoms with Crippen LogP contribution in [0.1, 0.15) is 25.0 Å². The molecule has 0 saturated carbocycles. The topological polar surface area (TPSA) is 16.4 Å². The molecule has 1 aliphatic carbocycles. The maximum atomic E-state index is 6.26. The molecule has 51 heavy (non-hydrogen) atoms. The largest absolute Gasteiger partial charge is 0.456 e. The molecule has 1 aliphatic rings. The summed E-state index contributed by atoms with van der Waals surface area (Å²) < 4.78 is 6.26. The second kappa shape index (κ2) is 11.3. The summed E-state index contributed by atoms with van der Waals surface area (Å²) in [6.45, 7) is 4.71. The zero-order chi connectivity index (χ0) is 34.1. The zero-order valence-electron chi connectivity index (χ0n) is 28.6. The van der Waals surface area contributed by atoms with Gasteiger partial charge in [-0.3, -0.25) is 0 Å². The summed E-state index contributed by atoms with van der Waals surface area (Å²) in [7, 11) is 0. The SMILES string of the molecule is CC1(C)c2ccc(N(c3ccc(-c4cccc5ccccc45)cc3)c3ccc4oc5ccccc5c4c3)cc2-c2c(-c3ccccc3)cccc21.